The molecule has 8 N–H and O–H groups in total. The molecule has 2 amide bonds. The number of carbonyl (C=O) groups is 2. The summed E-state index contributed by atoms with van der Waals surface area (Å²) in [6.07, 6.45) is 0.792. The van der Waals surface area contributed by atoms with E-state index in [9.17, 15) is 9.59 Å². The molecule has 0 aliphatic rings. The van der Waals surface area contributed by atoms with Crippen LogP contribution in [-0.2, 0) is 21.5 Å². The standard InChI is InChI=1S/C28H32Cl2N6O2/c1-28(19-9-4-2-5-10-19,20-11-6-3-7-12-20)26(38)36-23(13-8-14-34-27(32)33)25(37)35-17-18-15-21(29)24(31)22(30)16-18/h2-7,9-12,15-16,23H,8,13-14,17,31H2,1H3,(H,35,37)(H,36,38)(H4,32,33,34)/t23-/m1/s1. The number of halogens is 2. The minimum atomic E-state index is -1.04. The van der Waals surface area contributed by atoms with Gasteiger partial charge in [0.05, 0.1) is 21.1 Å². The Hall–Kier alpha value is -3.75. The van der Waals surface area contributed by atoms with E-state index in [1.807, 2.05) is 67.6 Å². The van der Waals surface area contributed by atoms with Gasteiger partial charge in [0, 0.05) is 13.1 Å². The van der Waals surface area contributed by atoms with Crippen LogP contribution >= 0.6 is 23.2 Å². The third-order valence-electron chi connectivity index (χ3n) is 6.33. The zero-order valence-corrected chi connectivity index (χ0v) is 22.6. The molecular weight excluding hydrogens is 523 g/mol. The van der Waals surface area contributed by atoms with E-state index in [2.05, 4.69) is 15.6 Å². The highest BCUT2D eigenvalue weighted by Crippen LogP contribution is 2.32. The molecule has 0 heterocycles. The summed E-state index contributed by atoms with van der Waals surface area (Å²) >= 11 is 12.3. The zero-order chi connectivity index (χ0) is 27.7. The van der Waals surface area contributed by atoms with Gasteiger partial charge in [-0.05, 0) is 48.6 Å². The number of nitrogens with two attached hydrogens (primary N) is 3. The van der Waals surface area contributed by atoms with Gasteiger partial charge in [-0.25, -0.2) is 0 Å². The van der Waals surface area contributed by atoms with Crippen molar-refractivity contribution in [3.05, 3.63) is 99.5 Å². The average molecular weight is 556 g/mol. The normalized spacial score (nSPS) is 11.9. The van der Waals surface area contributed by atoms with Crippen LogP contribution in [0.2, 0.25) is 10.0 Å². The van der Waals surface area contributed by atoms with Crippen molar-refractivity contribution in [3.63, 3.8) is 0 Å². The highest BCUT2D eigenvalue weighted by molar-refractivity contribution is 6.38. The first-order valence-corrected chi connectivity index (χ1v) is 12.9. The lowest BCUT2D eigenvalue weighted by molar-refractivity contribution is -0.131. The molecule has 0 spiro atoms. The van der Waals surface area contributed by atoms with Gasteiger partial charge in [-0.15, -0.1) is 0 Å². The minimum absolute atomic E-state index is 0.0344. The Balaban J connectivity index is 1.85. The number of nitrogens with one attached hydrogen (secondary N) is 2. The summed E-state index contributed by atoms with van der Waals surface area (Å²) < 4.78 is 0. The Labute approximate surface area is 232 Å². The molecule has 0 saturated carbocycles. The summed E-state index contributed by atoms with van der Waals surface area (Å²) in [5, 5.41) is 6.43. The molecular formula is C28H32Cl2N6O2. The first-order chi connectivity index (χ1) is 18.1. The van der Waals surface area contributed by atoms with Gasteiger partial charge in [0.1, 0.15) is 6.04 Å². The molecule has 0 bridgehead atoms. The molecule has 3 aromatic carbocycles. The van der Waals surface area contributed by atoms with Crippen molar-refractivity contribution >= 4 is 46.7 Å². The molecule has 0 aromatic heterocycles. The topological polar surface area (TPSA) is 149 Å². The van der Waals surface area contributed by atoms with Gasteiger partial charge in [0.2, 0.25) is 11.8 Å². The number of anilines is 1. The maximum Gasteiger partial charge on any atom is 0.242 e. The van der Waals surface area contributed by atoms with Crippen LogP contribution in [0.5, 0.6) is 0 Å². The maximum absolute atomic E-state index is 13.9. The Morgan fingerprint density at radius 1 is 0.947 bits per heavy atom. The third-order valence-corrected chi connectivity index (χ3v) is 6.95. The van der Waals surface area contributed by atoms with Crippen molar-refractivity contribution < 1.29 is 9.59 Å². The van der Waals surface area contributed by atoms with E-state index in [1.165, 1.54) is 0 Å². The number of nitrogens with zero attached hydrogens (tertiary/aromatic N) is 1. The lowest BCUT2D eigenvalue weighted by atomic mass is 9.75. The van der Waals surface area contributed by atoms with E-state index in [1.54, 1.807) is 12.1 Å². The average Bonchev–Trinajstić information content (AvgIpc) is 2.92. The van der Waals surface area contributed by atoms with Gasteiger partial charge in [0.15, 0.2) is 5.96 Å². The van der Waals surface area contributed by atoms with E-state index < -0.39 is 11.5 Å². The minimum Gasteiger partial charge on any atom is -0.396 e. The van der Waals surface area contributed by atoms with E-state index >= 15 is 0 Å². The van der Waals surface area contributed by atoms with Crippen LogP contribution in [0, 0.1) is 0 Å². The summed E-state index contributed by atoms with van der Waals surface area (Å²) in [4.78, 5) is 31.2. The van der Waals surface area contributed by atoms with Gasteiger partial charge in [-0.2, -0.15) is 0 Å². The molecule has 3 rings (SSSR count). The number of benzene rings is 3. The van der Waals surface area contributed by atoms with E-state index in [0.29, 0.717) is 35.0 Å². The summed E-state index contributed by atoms with van der Waals surface area (Å²) in [5.41, 5.74) is 18.2. The van der Waals surface area contributed by atoms with Crippen LogP contribution in [0.4, 0.5) is 5.69 Å². The molecule has 1 atom stereocenters. The quantitative estimate of drug-likeness (QED) is 0.106. The van der Waals surface area contributed by atoms with Crippen molar-refractivity contribution in [2.75, 3.05) is 12.3 Å². The van der Waals surface area contributed by atoms with Crippen molar-refractivity contribution in [1.29, 1.82) is 0 Å². The predicted octanol–water partition coefficient (Wildman–Crippen LogP) is 3.74. The van der Waals surface area contributed by atoms with Crippen LogP contribution in [0.3, 0.4) is 0 Å². The molecule has 0 saturated heterocycles. The summed E-state index contributed by atoms with van der Waals surface area (Å²) in [6.45, 7) is 2.31. The fourth-order valence-corrected chi connectivity index (χ4v) is 4.63. The summed E-state index contributed by atoms with van der Waals surface area (Å²) in [7, 11) is 0. The van der Waals surface area contributed by atoms with Crippen LogP contribution in [0.1, 0.15) is 36.5 Å². The number of hydrogen-bond acceptors (Lipinski definition) is 4. The van der Waals surface area contributed by atoms with Crippen molar-refractivity contribution in [3.8, 4) is 0 Å². The molecule has 0 unspecified atom stereocenters. The molecule has 0 fully saturated rings. The second-order valence-electron chi connectivity index (χ2n) is 9.02. The Morgan fingerprint density at radius 2 is 1.47 bits per heavy atom. The molecule has 38 heavy (non-hydrogen) atoms. The lowest BCUT2D eigenvalue weighted by Gasteiger charge is -2.31. The SMILES string of the molecule is CC(C(=O)N[C@H](CCCN=C(N)N)C(=O)NCc1cc(Cl)c(N)c(Cl)c1)(c1ccccc1)c1ccccc1. The number of amides is 2. The lowest BCUT2D eigenvalue weighted by Crippen LogP contribution is -2.52. The number of rotatable bonds is 11. The van der Waals surface area contributed by atoms with Gasteiger partial charge in [-0.3, -0.25) is 14.6 Å². The van der Waals surface area contributed by atoms with Crippen molar-refractivity contribution in [2.24, 2.45) is 16.5 Å². The maximum atomic E-state index is 13.9. The van der Waals surface area contributed by atoms with Crippen molar-refractivity contribution in [2.45, 2.75) is 37.8 Å². The number of nitrogen functional groups attached to an aromatic ring is 1. The second-order valence-corrected chi connectivity index (χ2v) is 9.84. The highest BCUT2D eigenvalue weighted by atomic mass is 35.5. The summed E-state index contributed by atoms with van der Waals surface area (Å²) in [5.74, 6) is -0.709. The highest BCUT2D eigenvalue weighted by Gasteiger charge is 2.38. The van der Waals surface area contributed by atoms with Gasteiger partial charge < -0.3 is 27.8 Å². The smallest absolute Gasteiger partial charge is 0.242 e. The second kappa shape index (κ2) is 13.2. The Bertz CT molecular complexity index is 1220. The molecule has 0 aliphatic carbocycles. The van der Waals surface area contributed by atoms with E-state index in [-0.39, 0.29) is 30.0 Å². The molecule has 0 radical (unpaired) electrons. The van der Waals surface area contributed by atoms with Crippen LogP contribution < -0.4 is 27.8 Å². The third kappa shape index (κ3) is 7.18. The number of guanidine groups is 1. The number of aliphatic imine (C=N–C) groups is 1. The first kappa shape index (κ1) is 28.8. The van der Waals surface area contributed by atoms with Gasteiger partial charge in [0.25, 0.3) is 0 Å². The number of hydrogen-bond donors (Lipinski definition) is 5. The van der Waals surface area contributed by atoms with E-state index in [4.69, 9.17) is 40.4 Å². The van der Waals surface area contributed by atoms with Crippen molar-refractivity contribution in [1.82, 2.24) is 10.6 Å². The Morgan fingerprint density at radius 3 is 1.97 bits per heavy atom. The molecule has 0 aliphatic heterocycles. The first-order valence-electron chi connectivity index (χ1n) is 12.1. The van der Waals surface area contributed by atoms with Crippen LogP contribution in [-0.4, -0.2) is 30.4 Å². The molecule has 3 aromatic rings. The Kier molecular flexibility index (Phi) is 9.98. The fourth-order valence-electron chi connectivity index (χ4n) is 4.10. The largest absolute Gasteiger partial charge is 0.396 e. The monoisotopic (exact) mass is 554 g/mol. The number of carbonyl (C=O) groups excluding carboxylic acids is 2. The van der Waals surface area contributed by atoms with E-state index in [0.717, 1.165) is 11.1 Å². The van der Waals surface area contributed by atoms with Crippen LogP contribution in [0.15, 0.2) is 77.8 Å². The molecule has 8 nitrogen and oxygen atoms in total. The predicted molar refractivity (Wildman–Crippen MR) is 154 cm³/mol. The van der Waals surface area contributed by atoms with Gasteiger partial charge in [-0.1, -0.05) is 83.9 Å². The summed E-state index contributed by atoms with van der Waals surface area (Å²) in [6, 6.07) is 21.3. The molecule has 10 heteroatoms. The zero-order valence-electron chi connectivity index (χ0n) is 21.1. The van der Waals surface area contributed by atoms with Gasteiger partial charge >= 0.3 is 0 Å². The molecule has 200 valence electrons. The fraction of sp³-hybridized carbons (Fsp3) is 0.250. The van der Waals surface area contributed by atoms with Crippen LogP contribution in [0.25, 0.3) is 0 Å².